The van der Waals surface area contributed by atoms with E-state index in [9.17, 15) is 0 Å². The van der Waals surface area contributed by atoms with E-state index in [0.29, 0.717) is 0 Å². The zero-order chi connectivity index (χ0) is 13.4. The zero-order valence-electron chi connectivity index (χ0n) is 11.7. The molecule has 0 radical (unpaired) electrons. The summed E-state index contributed by atoms with van der Waals surface area (Å²) in [6.07, 6.45) is 8.95. The number of nitrogens with two attached hydrogens (primary N) is 1. The van der Waals surface area contributed by atoms with Crippen LogP contribution in [-0.2, 0) is 0 Å². The third kappa shape index (κ3) is 5.88. The number of hydrogen-bond donors (Lipinski definition) is 1. The van der Waals surface area contributed by atoms with E-state index in [1.807, 2.05) is 12.1 Å². The fourth-order valence-electron chi connectivity index (χ4n) is 2.29. The highest BCUT2D eigenvalue weighted by Gasteiger charge is 2.07. The highest BCUT2D eigenvalue weighted by atomic mass is 35.5. The summed E-state index contributed by atoms with van der Waals surface area (Å²) in [4.78, 5) is 0. The van der Waals surface area contributed by atoms with Crippen LogP contribution in [0.25, 0.3) is 0 Å². The lowest BCUT2D eigenvalue weighted by Gasteiger charge is -2.13. The van der Waals surface area contributed by atoms with Crippen LogP contribution in [0.3, 0.4) is 0 Å². The maximum Gasteiger partial charge on any atom is 0.0411 e. The van der Waals surface area contributed by atoms with Crippen molar-refractivity contribution in [3.8, 4) is 0 Å². The molecule has 0 saturated heterocycles. The second-order valence-corrected chi connectivity index (χ2v) is 5.66. The molecule has 1 atom stereocenters. The predicted molar refractivity (Wildman–Crippen MR) is 81.1 cm³/mol. The molecule has 1 nitrogen and oxygen atoms in total. The fraction of sp³-hybridized carbons (Fsp3) is 0.625. The van der Waals surface area contributed by atoms with Gasteiger partial charge in [-0.15, -0.1) is 0 Å². The second-order valence-electron chi connectivity index (χ2n) is 5.22. The van der Waals surface area contributed by atoms with Crippen LogP contribution in [0.2, 0.25) is 5.02 Å². The number of aryl methyl sites for hydroxylation is 1. The van der Waals surface area contributed by atoms with Gasteiger partial charge in [0.1, 0.15) is 0 Å². The van der Waals surface area contributed by atoms with E-state index < -0.39 is 0 Å². The Morgan fingerprint density at radius 2 is 1.72 bits per heavy atom. The summed E-state index contributed by atoms with van der Waals surface area (Å²) in [5, 5.41) is 0.795. The Bertz CT molecular complexity index is 329. The van der Waals surface area contributed by atoms with Gasteiger partial charge in [-0.25, -0.2) is 0 Å². The van der Waals surface area contributed by atoms with Crippen molar-refractivity contribution in [2.45, 2.75) is 64.8 Å². The minimum atomic E-state index is 0.133. The van der Waals surface area contributed by atoms with Crippen LogP contribution >= 0.6 is 11.6 Å². The van der Waals surface area contributed by atoms with Crippen molar-refractivity contribution in [1.29, 1.82) is 0 Å². The Balaban J connectivity index is 2.29. The maximum atomic E-state index is 6.22. The number of rotatable bonds is 8. The zero-order valence-corrected chi connectivity index (χ0v) is 12.5. The SMILES string of the molecule is CCCCCCCCC(N)c1cc(C)cc(Cl)c1. The largest absolute Gasteiger partial charge is 0.324 e. The molecule has 1 aromatic carbocycles. The molecule has 1 unspecified atom stereocenters. The van der Waals surface area contributed by atoms with Crippen molar-refractivity contribution in [2.24, 2.45) is 5.73 Å². The summed E-state index contributed by atoms with van der Waals surface area (Å²) < 4.78 is 0. The molecule has 0 aliphatic rings. The molecule has 102 valence electrons. The monoisotopic (exact) mass is 267 g/mol. The number of halogens is 1. The van der Waals surface area contributed by atoms with Gasteiger partial charge in [0.15, 0.2) is 0 Å². The summed E-state index contributed by atoms with van der Waals surface area (Å²) >= 11 is 6.06. The van der Waals surface area contributed by atoms with Gasteiger partial charge in [-0.05, 0) is 36.6 Å². The van der Waals surface area contributed by atoms with Gasteiger partial charge in [-0.2, -0.15) is 0 Å². The van der Waals surface area contributed by atoms with E-state index in [-0.39, 0.29) is 6.04 Å². The van der Waals surface area contributed by atoms with Gasteiger partial charge in [0.05, 0.1) is 0 Å². The molecule has 1 aromatic rings. The Hall–Kier alpha value is -0.530. The highest BCUT2D eigenvalue weighted by Crippen LogP contribution is 2.22. The van der Waals surface area contributed by atoms with Crippen molar-refractivity contribution >= 4 is 11.6 Å². The predicted octanol–water partition coefficient (Wildman–Crippen LogP) is 5.40. The highest BCUT2D eigenvalue weighted by molar-refractivity contribution is 6.30. The van der Waals surface area contributed by atoms with Gasteiger partial charge in [0.2, 0.25) is 0 Å². The molecule has 0 fully saturated rings. The van der Waals surface area contributed by atoms with Crippen molar-refractivity contribution < 1.29 is 0 Å². The Morgan fingerprint density at radius 1 is 1.06 bits per heavy atom. The Morgan fingerprint density at radius 3 is 2.39 bits per heavy atom. The van der Waals surface area contributed by atoms with Crippen LogP contribution < -0.4 is 5.73 Å². The molecule has 0 heterocycles. The Labute approximate surface area is 117 Å². The summed E-state index contributed by atoms with van der Waals surface area (Å²) in [6, 6.07) is 6.25. The minimum absolute atomic E-state index is 0.133. The van der Waals surface area contributed by atoms with Crippen LogP contribution in [0.15, 0.2) is 18.2 Å². The van der Waals surface area contributed by atoms with Gasteiger partial charge >= 0.3 is 0 Å². The van der Waals surface area contributed by atoms with Gasteiger partial charge in [0, 0.05) is 11.1 Å². The molecule has 2 N–H and O–H groups in total. The topological polar surface area (TPSA) is 26.0 Å². The van der Waals surface area contributed by atoms with Gasteiger partial charge in [-0.1, -0.05) is 63.1 Å². The van der Waals surface area contributed by atoms with Gasteiger partial charge in [0.25, 0.3) is 0 Å². The fourth-order valence-corrected chi connectivity index (χ4v) is 2.59. The third-order valence-electron chi connectivity index (χ3n) is 3.36. The molecule has 18 heavy (non-hydrogen) atoms. The van der Waals surface area contributed by atoms with Gasteiger partial charge < -0.3 is 5.73 Å². The standard InChI is InChI=1S/C16H26ClN/c1-3-4-5-6-7-8-9-16(18)14-10-13(2)11-15(17)12-14/h10-12,16H,3-9,18H2,1-2H3. The quantitative estimate of drug-likeness (QED) is 0.627. The summed E-state index contributed by atoms with van der Waals surface area (Å²) in [5.41, 5.74) is 8.58. The van der Waals surface area contributed by atoms with Gasteiger partial charge in [-0.3, -0.25) is 0 Å². The van der Waals surface area contributed by atoms with Crippen LogP contribution in [0.1, 0.15) is 69.0 Å². The van der Waals surface area contributed by atoms with Crippen LogP contribution in [0.4, 0.5) is 0 Å². The number of benzene rings is 1. The normalized spacial score (nSPS) is 12.7. The third-order valence-corrected chi connectivity index (χ3v) is 3.58. The van der Waals surface area contributed by atoms with Crippen molar-refractivity contribution in [3.05, 3.63) is 34.3 Å². The van der Waals surface area contributed by atoms with E-state index in [1.54, 1.807) is 0 Å². The first-order chi connectivity index (χ1) is 8.63. The van der Waals surface area contributed by atoms with Crippen molar-refractivity contribution in [2.75, 3.05) is 0 Å². The lowest BCUT2D eigenvalue weighted by Crippen LogP contribution is -2.10. The first-order valence-corrected chi connectivity index (χ1v) is 7.54. The molecule has 0 amide bonds. The number of hydrogen-bond acceptors (Lipinski definition) is 1. The molecule has 0 saturated carbocycles. The lowest BCUT2D eigenvalue weighted by atomic mass is 9.99. The van der Waals surface area contributed by atoms with Crippen LogP contribution in [0.5, 0.6) is 0 Å². The number of unbranched alkanes of at least 4 members (excludes halogenated alkanes) is 5. The Kier molecular flexibility index (Phi) is 7.38. The molecular formula is C16H26ClN. The molecule has 0 bridgehead atoms. The van der Waals surface area contributed by atoms with Crippen LogP contribution in [0, 0.1) is 6.92 Å². The van der Waals surface area contributed by atoms with Crippen molar-refractivity contribution in [1.82, 2.24) is 0 Å². The summed E-state index contributed by atoms with van der Waals surface area (Å²) in [6.45, 7) is 4.31. The molecule has 0 aliphatic carbocycles. The molecule has 0 spiro atoms. The molecule has 1 rings (SSSR count). The summed E-state index contributed by atoms with van der Waals surface area (Å²) in [7, 11) is 0. The van der Waals surface area contributed by atoms with E-state index >= 15 is 0 Å². The maximum absolute atomic E-state index is 6.22. The molecule has 0 aromatic heterocycles. The van der Waals surface area contributed by atoms with E-state index in [0.717, 1.165) is 11.4 Å². The second kappa shape index (κ2) is 8.55. The minimum Gasteiger partial charge on any atom is -0.324 e. The van der Waals surface area contributed by atoms with E-state index in [2.05, 4.69) is 19.9 Å². The van der Waals surface area contributed by atoms with E-state index in [4.69, 9.17) is 17.3 Å². The smallest absolute Gasteiger partial charge is 0.0411 e. The van der Waals surface area contributed by atoms with Crippen molar-refractivity contribution in [3.63, 3.8) is 0 Å². The lowest BCUT2D eigenvalue weighted by molar-refractivity contribution is 0.547. The van der Waals surface area contributed by atoms with E-state index in [1.165, 1.54) is 49.7 Å². The molecule has 2 heteroatoms. The average Bonchev–Trinajstić information content (AvgIpc) is 2.32. The molecule has 0 aliphatic heterocycles. The van der Waals surface area contributed by atoms with Crippen LogP contribution in [-0.4, -0.2) is 0 Å². The molecular weight excluding hydrogens is 242 g/mol. The first kappa shape index (κ1) is 15.5. The first-order valence-electron chi connectivity index (χ1n) is 7.16. The average molecular weight is 268 g/mol. The summed E-state index contributed by atoms with van der Waals surface area (Å²) in [5.74, 6) is 0.